The third kappa shape index (κ3) is 17.7. The second-order valence-electron chi connectivity index (χ2n) is 2.35. The fraction of sp³-hybridized carbons (Fsp3) is 1.00. The molecule has 0 saturated heterocycles. The Morgan fingerprint density at radius 1 is 0.545 bits per heavy atom. The van der Waals surface area contributed by atoms with Gasteiger partial charge in [0.05, 0.1) is 0 Å². The molecule has 0 bridgehead atoms. The highest BCUT2D eigenvalue weighted by atomic mass is 19.0. The number of rotatable bonds is 6. The number of nitrogens with two attached hydrogens (primary N) is 2. The average molecular weight is 170 g/mol. The van der Waals surface area contributed by atoms with Gasteiger partial charge in [0.25, 0.3) is 0 Å². The normalized spacial score (nSPS) is 8.18. The highest BCUT2D eigenvalue weighted by Crippen LogP contribution is 1.99. The van der Waals surface area contributed by atoms with Gasteiger partial charge in [-0.25, -0.2) is 0 Å². The molecule has 0 heterocycles. The summed E-state index contributed by atoms with van der Waals surface area (Å²) in [6.45, 7) is 1.67. The molecule has 0 rings (SSSR count). The number of hydrogen-bond acceptors (Lipinski definition) is 2. The Hall–Kier alpha value is -0.220. The van der Waals surface area contributed by atoms with E-state index >= 15 is 0 Å². The molecule has 0 atom stereocenters. The van der Waals surface area contributed by atoms with Crippen LogP contribution in [0.1, 0.15) is 32.1 Å². The molecule has 0 saturated carbocycles. The highest BCUT2D eigenvalue weighted by molar-refractivity contribution is 4.44. The number of hydrogen-bond donors (Lipinski definition) is 2. The minimum Gasteiger partial charge on any atom is -0.330 e. The van der Waals surface area contributed by atoms with Crippen molar-refractivity contribution < 1.29 is 9.41 Å². The summed E-state index contributed by atoms with van der Waals surface area (Å²) in [5.41, 5.74) is 10.6. The lowest BCUT2D eigenvalue weighted by molar-refractivity contribution is 0.623. The van der Waals surface area contributed by atoms with Gasteiger partial charge in [0.15, 0.2) is 0 Å². The van der Waals surface area contributed by atoms with Crippen LogP contribution in [0.3, 0.4) is 0 Å². The minimum absolute atomic E-state index is 0. The van der Waals surface area contributed by atoms with E-state index in [9.17, 15) is 0 Å². The molecule has 0 unspecified atom stereocenters. The maximum absolute atomic E-state index is 5.32. The van der Waals surface area contributed by atoms with Crippen molar-refractivity contribution in [1.82, 2.24) is 0 Å². The Kier molecular flexibility index (Phi) is 25.4. The van der Waals surface area contributed by atoms with Crippen LogP contribution in [0.4, 0.5) is 9.41 Å². The van der Waals surface area contributed by atoms with E-state index in [-0.39, 0.29) is 9.41 Å². The van der Waals surface area contributed by atoms with Crippen LogP contribution >= 0.6 is 0 Å². The van der Waals surface area contributed by atoms with Gasteiger partial charge in [-0.2, -0.15) is 0 Å². The molecular formula is C7H20F2N2. The predicted octanol–water partition coefficient (Wildman–Crippen LogP) is 1.16. The summed E-state index contributed by atoms with van der Waals surface area (Å²) in [5, 5.41) is 0. The molecule has 0 aliphatic heterocycles. The van der Waals surface area contributed by atoms with Gasteiger partial charge in [-0.05, 0) is 25.9 Å². The number of halogens is 2. The van der Waals surface area contributed by atoms with Crippen LogP contribution in [0, 0.1) is 0 Å². The maximum Gasteiger partial charge on any atom is -0.00773 e. The first kappa shape index (κ1) is 17.0. The summed E-state index contributed by atoms with van der Waals surface area (Å²) in [4.78, 5) is 0. The van der Waals surface area contributed by atoms with Gasteiger partial charge in [-0.15, -0.1) is 0 Å². The summed E-state index contributed by atoms with van der Waals surface area (Å²) in [7, 11) is 0. The molecule has 11 heavy (non-hydrogen) atoms. The second kappa shape index (κ2) is 16.4. The molecule has 0 amide bonds. The smallest absolute Gasteiger partial charge is 0.00773 e. The first-order chi connectivity index (χ1) is 4.41. The lowest BCUT2D eigenvalue weighted by Crippen LogP contribution is -1.99. The zero-order valence-corrected chi connectivity index (χ0v) is 6.92. The molecule has 0 aromatic heterocycles. The molecule has 0 aromatic rings. The minimum atomic E-state index is 0. The van der Waals surface area contributed by atoms with E-state index in [1.807, 2.05) is 0 Å². The van der Waals surface area contributed by atoms with Crippen molar-refractivity contribution in [3.8, 4) is 0 Å². The quantitative estimate of drug-likeness (QED) is 0.588. The molecule has 0 fully saturated rings. The Morgan fingerprint density at radius 2 is 0.818 bits per heavy atom. The van der Waals surface area contributed by atoms with Crippen LogP contribution in [0.15, 0.2) is 0 Å². The summed E-state index contributed by atoms with van der Waals surface area (Å²) in [6.07, 6.45) is 6.19. The second-order valence-corrected chi connectivity index (χ2v) is 2.35. The lowest BCUT2D eigenvalue weighted by atomic mass is 10.1. The predicted molar refractivity (Wildman–Crippen MR) is 46.2 cm³/mol. The van der Waals surface area contributed by atoms with Gasteiger partial charge in [0.1, 0.15) is 0 Å². The fourth-order valence-electron chi connectivity index (χ4n) is 0.819. The average Bonchev–Trinajstić information content (AvgIpc) is 1.89. The van der Waals surface area contributed by atoms with Gasteiger partial charge in [0, 0.05) is 0 Å². The summed E-state index contributed by atoms with van der Waals surface area (Å²) >= 11 is 0. The van der Waals surface area contributed by atoms with Crippen molar-refractivity contribution in [3.63, 3.8) is 0 Å². The van der Waals surface area contributed by atoms with E-state index in [0.717, 1.165) is 13.1 Å². The van der Waals surface area contributed by atoms with Crippen LogP contribution in [0.2, 0.25) is 0 Å². The zero-order valence-electron chi connectivity index (χ0n) is 6.92. The van der Waals surface area contributed by atoms with E-state index in [0.29, 0.717) is 0 Å². The van der Waals surface area contributed by atoms with Crippen molar-refractivity contribution >= 4 is 0 Å². The monoisotopic (exact) mass is 170 g/mol. The fourth-order valence-corrected chi connectivity index (χ4v) is 0.819. The Labute approximate surface area is 67.1 Å². The molecule has 0 aromatic carbocycles. The first-order valence-corrected chi connectivity index (χ1v) is 3.82. The first-order valence-electron chi connectivity index (χ1n) is 3.82. The van der Waals surface area contributed by atoms with Crippen LogP contribution < -0.4 is 11.5 Å². The standard InChI is InChI=1S/C7H18N2.2FH/c8-6-4-2-1-3-5-7-9;;/h1-9H2;2*1H. The van der Waals surface area contributed by atoms with Crippen LogP contribution in [-0.2, 0) is 0 Å². The van der Waals surface area contributed by atoms with E-state index in [4.69, 9.17) is 11.5 Å². The van der Waals surface area contributed by atoms with Crippen molar-refractivity contribution in [2.45, 2.75) is 32.1 Å². The van der Waals surface area contributed by atoms with Gasteiger partial charge in [-0.3, -0.25) is 9.41 Å². The topological polar surface area (TPSA) is 52.0 Å². The lowest BCUT2D eigenvalue weighted by Gasteiger charge is -1.96. The van der Waals surface area contributed by atoms with Gasteiger partial charge in [-0.1, -0.05) is 19.3 Å². The van der Waals surface area contributed by atoms with E-state index in [2.05, 4.69) is 0 Å². The van der Waals surface area contributed by atoms with Crippen LogP contribution in [0.25, 0.3) is 0 Å². The molecule has 0 radical (unpaired) electrons. The van der Waals surface area contributed by atoms with Crippen LogP contribution in [-0.4, -0.2) is 13.1 Å². The van der Waals surface area contributed by atoms with Gasteiger partial charge in [0.2, 0.25) is 0 Å². The van der Waals surface area contributed by atoms with Crippen molar-refractivity contribution in [1.29, 1.82) is 0 Å². The Morgan fingerprint density at radius 3 is 1.09 bits per heavy atom. The molecule has 0 spiro atoms. The maximum atomic E-state index is 5.32. The molecule has 4 N–H and O–H groups in total. The molecular weight excluding hydrogens is 150 g/mol. The molecule has 0 aliphatic rings. The van der Waals surface area contributed by atoms with E-state index in [1.54, 1.807) is 0 Å². The number of unbranched alkanes of at least 4 members (excludes halogenated alkanes) is 4. The van der Waals surface area contributed by atoms with Crippen molar-refractivity contribution in [3.05, 3.63) is 0 Å². The SMILES string of the molecule is F.F.NCCCCCCCN. The zero-order chi connectivity index (χ0) is 6.95. The highest BCUT2D eigenvalue weighted by Gasteiger charge is 1.85. The van der Waals surface area contributed by atoms with Crippen LogP contribution in [0.5, 0.6) is 0 Å². The third-order valence-corrected chi connectivity index (χ3v) is 1.41. The van der Waals surface area contributed by atoms with Crippen molar-refractivity contribution in [2.24, 2.45) is 11.5 Å². The third-order valence-electron chi connectivity index (χ3n) is 1.41. The Bertz CT molecular complexity index is 47.7. The molecule has 2 nitrogen and oxygen atoms in total. The summed E-state index contributed by atoms with van der Waals surface area (Å²) < 4.78 is 0. The van der Waals surface area contributed by atoms with Gasteiger partial charge < -0.3 is 11.5 Å². The Balaban J connectivity index is -0.000000320. The molecule has 0 aliphatic carbocycles. The molecule has 72 valence electrons. The van der Waals surface area contributed by atoms with Gasteiger partial charge >= 0.3 is 0 Å². The largest absolute Gasteiger partial charge is 0.330 e. The summed E-state index contributed by atoms with van der Waals surface area (Å²) in [5.74, 6) is 0. The summed E-state index contributed by atoms with van der Waals surface area (Å²) in [6, 6.07) is 0. The van der Waals surface area contributed by atoms with E-state index in [1.165, 1.54) is 32.1 Å². The molecule has 4 heteroatoms. The van der Waals surface area contributed by atoms with Crippen molar-refractivity contribution in [2.75, 3.05) is 13.1 Å². The van der Waals surface area contributed by atoms with E-state index < -0.39 is 0 Å².